The number of aromatic amines is 1. The molecule has 72 valence electrons. The summed E-state index contributed by atoms with van der Waals surface area (Å²) in [6.07, 6.45) is 0. The van der Waals surface area contributed by atoms with Crippen LogP contribution in [0, 0.1) is 24.0 Å². The number of aryl methyl sites for hydroxylation is 1. The molecule has 0 bridgehead atoms. The Labute approximate surface area is 79.1 Å². The van der Waals surface area contributed by atoms with E-state index in [1.165, 1.54) is 0 Å². The Balaban J connectivity index is 2.93. The number of nitro groups is 1. The molecule has 14 heavy (non-hydrogen) atoms. The Hall–Kier alpha value is -1.98. The third-order valence-corrected chi connectivity index (χ3v) is 2.29. The molecule has 0 atom stereocenters. The maximum Gasteiger partial charge on any atom is 0.302 e. The first-order valence-corrected chi connectivity index (χ1v) is 4.06. The second kappa shape index (κ2) is 2.76. The number of hydrogen-bond donors (Lipinski definition) is 1. The number of benzene rings is 1. The fraction of sp³-hybridized carbons (Fsp3) is 0.250. The van der Waals surface area contributed by atoms with Gasteiger partial charge in [0.1, 0.15) is 0 Å². The van der Waals surface area contributed by atoms with Gasteiger partial charge in [-0.3, -0.25) is 15.2 Å². The number of H-pyrrole nitrogens is 1. The molecule has 0 aliphatic carbocycles. The van der Waals surface area contributed by atoms with Crippen LogP contribution in [0.2, 0.25) is 0 Å². The van der Waals surface area contributed by atoms with Crippen LogP contribution in [0.25, 0.3) is 11.0 Å². The molecule has 2 rings (SSSR count). The van der Waals surface area contributed by atoms with Crippen LogP contribution in [0.5, 0.6) is 0 Å². The smallest absolute Gasteiger partial charge is 0.258 e. The molecule has 2 aromatic rings. The Morgan fingerprint density at radius 1 is 1.50 bits per heavy atom. The van der Waals surface area contributed by atoms with Crippen LogP contribution in [0.3, 0.4) is 0 Å². The zero-order valence-corrected chi connectivity index (χ0v) is 7.74. The number of fused-ring (bicyclic) bond motifs is 1. The first-order chi connectivity index (χ1) is 6.61. The molecule has 0 aliphatic heterocycles. The van der Waals surface area contributed by atoms with Crippen molar-refractivity contribution in [1.29, 1.82) is 0 Å². The third kappa shape index (κ3) is 1.04. The standard InChI is InChI=1S/C8H8N4O2/c1-4-3-6-7(10-11-9-6)8(5(4)2)12(13)14/h3H,1-2H3,(H,9,10,11). The van der Waals surface area contributed by atoms with Crippen molar-refractivity contribution in [2.45, 2.75) is 13.8 Å². The molecule has 0 amide bonds. The van der Waals surface area contributed by atoms with Gasteiger partial charge >= 0.3 is 5.69 Å². The van der Waals surface area contributed by atoms with Gasteiger partial charge in [-0.15, -0.1) is 5.10 Å². The normalized spacial score (nSPS) is 10.7. The van der Waals surface area contributed by atoms with E-state index in [1.807, 2.05) is 6.92 Å². The summed E-state index contributed by atoms with van der Waals surface area (Å²) < 4.78 is 0. The molecule has 6 nitrogen and oxygen atoms in total. The lowest BCUT2D eigenvalue weighted by molar-refractivity contribution is -0.383. The molecule has 1 aromatic heterocycles. The van der Waals surface area contributed by atoms with Gasteiger partial charge in [-0.1, -0.05) is 5.21 Å². The summed E-state index contributed by atoms with van der Waals surface area (Å²) in [5, 5.41) is 20.7. The number of nitrogens with zero attached hydrogens (tertiary/aromatic N) is 3. The van der Waals surface area contributed by atoms with Gasteiger partial charge in [0, 0.05) is 5.56 Å². The number of aromatic nitrogens is 3. The summed E-state index contributed by atoms with van der Waals surface area (Å²) in [5.41, 5.74) is 2.44. The number of nitro benzene ring substituents is 1. The average Bonchev–Trinajstić information content (AvgIpc) is 2.52. The number of rotatable bonds is 1. The molecule has 1 heterocycles. The van der Waals surface area contributed by atoms with Crippen LogP contribution in [0.1, 0.15) is 11.1 Å². The Kier molecular flexibility index (Phi) is 1.70. The van der Waals surface area contributed by atoms with Crippen LogP contribution in [0.15, 0.2) is 6.07 Å². The van der Waals surface area contributed by atoms with Gasteiger partial charge in [-0.2, -0.15) is 0 Å². The Bertz CT molecular complexity index is 517. The summed E-state index contributed by atoms with van der Waals surface area (Å²) in [7, 11) is 0. The molecule has 6 heteroatoms. The van der Waals surface area contributed by atoms with Crippen molar-refractivity contribution in [3.63, 3.8) is 0 Å². The molecular weight excluding hydrogens is 184 g/mol. The van der Waals surface area contributed by atoms with Gasteiger partial charge in [0.15, 0.2) is 5.52 Å². The minimum Gasteiger partial charge on any atom is -0.258 e. The van der Waals surface area contributed by atoms with E-state index < -0.39 is 4.92 Å². The molecule has 0 saturated heterocycles. The van der Waals surface area contributed by atoms with E-state index in [0.717, 1.165) is 5.56 Å². The minimum atomic E-state index is -0.423. The van der Waals surface area contributed by atoms with Crippen molar-refractivity contribution >= 4 is 16.7 Å². The van der Waals surface area contributed by atoms with E-state index in [0.29, 0.717) is 16.6 Å². The van der Waals surface area contributed by atoms with E-state index in [2.05, 4.69) is 15.4 Å². The van der Waals surface area contributed by atoms with Gasteiger partial charge < -0.3 is 0 Å². The third-order valence-electron chi connectivity index (χ3n) is 2.29. The molecule has 0 aliphatic rings. The molecular formula is C8H8N4O2. The predicted molar refractivity (Wildman–Crippen MR) is 50.0 cm³/mol. The Morgan fingerprint density at radius 2 is 2.21 bits per heavy atom. The second-order valence-electron chi connectivity index (χ2n) is 3.13. The van der Waals surface area contributed by atoms with Crippen molar-refractivity contribution < 1.29 is 4.92 Å². The van der Waals surface area contributed by atoms with Crippen LogP contribution in [-0.2, 0) is 0 Å². The van der Waals surface area contributed by atoms with Crippen molar-refractivity contribution in [3.8, 4) is 0 Å². The topological polar surface area (TPSA) is 84.7 Å². The lowest BCUT2D eigenvalue weighted by Gasteiger charge is -2.00. The fourth-order valence-corrected chi connectivity index (χ4v) is 1.42. The van der Waals surface area contributed by atoms with Crippen LogP contribution in [-0.4, -0.2) is 20.3 Å². The average molecular weight is 192 g/mol. The van der Waals surface area contributed by atoms with Gasteiger partial charge in [0.05, 0.1) is 10.4 Å². The van der Waals surface area contributed by atoms with Crippen molar-refractivity contribution in [3.05, 3.63) is 27.3 Å². The van der Waals surface area contributed by atoms with Crippen molar-refractivity contribution in [2.75, 3.05) is 0 Å². The highest BCUT2D eigenvalue weighted by atomic mass is 16.6. The highest BCUT2D eigenvalue weighted by Crippen LogP contribution is 2.28. The van der Waals surface area contributed by atoms with Crippen LogP contribution in [0.4, 0.5) is 5.69 Å². The number of nitrogens with one attached hydrogen (secondary N) is 1. The van der Waals surface area contributed by atoms with E-state index in [-0.39, 0.29) is 5.69 Å². The molecule has 0 fully saturated rings. The highest BCUT2D eigenvalue weighted by molar-refractivity contribution is 5.86. The molecule has 0 unspecified atom stereocenters. The van der Waals surface area contributed by atoms with E-state index >= 15 is 0 Å². The van der Waals surface area contributed by atoms with Gasteiger partial charge in [0.25, 0.3) is 0 Å². The summed E-state index contributed by atoms with van der Waals surface area (Å²) in [5.74, 6) is 0. The summed E-state index contributed by atoms with van der Waals surface area (Å²) in [6, 6.07) is 1.80. The lowest BCUT2D eigenvalue weighted by atomic mass is 10.1. The quantitative estimate of drug-likeness (QED) is 0.547. The zero-order valence-electron chi connectivity index (χ0n) is 7.74. The van der Waals surface area contributed by atoms with E-state index in [4.69, 9.17) is 0 Å². The molecule has 1 N–H and O–H groups in total. The van der Waals surface area contributed by atoms with Gasteiger partial charge in [-0.25, -0.2) is 0 Å². The minimum absolute atomic E-state index is 0.0359. The first-order valence-electron chi connectivity index (χ1n) is 4.06. The van der Waals surface area contributed by atoms with Crippen LogP contribution < -0.4 is 0 Å². The molecule has 0 radical (unpaired) electrons. The molecule has 0 spiro atoms. The monoisotopic (exact) mass is 192 g/mol. The summed E-state index contributed by atoms with van der Waals surface area (Å²) in [6.45, 7) is 3.53. The van der Waals surface area contributed by atoms with Crippen LogP contribution >= 0.6 is 0 Å². The van der Waals surface area contributed by atoms with Gasteiger partial charge in [0.2, 0.25) is 0 Å². The van der Waals surface area contributed by atoms with Gasteiger partial charge in [-0.05, 0) is 25.5 Å². The SMILES string of the molecule is Cc1cc2[nH]nnc2c([N+](=O)[O-])c1C. The summed E-state index contributed by atoms with van der Waals surface area (Å²) >= 11 is 0. The number of hydrogen-bond acceptors (Lipinski definition) is 4. The highest BCUT2D eigenvalue weighted by Gasteiger charge is 2.20. The zero-order chi connectivity index (χ0) is 10.3. The largest absolute Gasteiger partial charge is 0.302 e. The molecule has 1 aromatic carbocycles. The molecule has 0 saturated carbocycles. The summed E-state index contributed by atoms with van der Waals surface area (Å²) in [4.78, 5) is 10.4. The fourth-order valence-electron chi connectivity index (χ4n) is 1.42. The Morgan fingerprint density at radius 3 is 2.86 bits per heavy atom. The second-order valence-corrected chi connectivity index (χ2v) is 3.13. The first kappa shape index (κ1) is 8.61. The maximum atomic E-state index is 10.8. The van der Waals surface area contributed by atoms with Crippen molar-refractivity contribution in [1.82, 2.24) is 15.4 Å². The maximum absolute atomic E-state index is 10.8. The van der Waals surface area contributed by atoms with Crippen molar-refractivity contribution in [2.24, 2.45) is 0 Å². The van der Waals surface area contributed by atoms with E-state index in [1.54, 1.807) is 13.0 Å². The predicted octanol–water partition coefficient (Wildman–Crippen LogP) is 1.48. The van der Waals surface area contributed by atoms with E-state index in [9.17, 15) is 10.1 Å². The lowest BCUT2D eigenvalue weighted by Crippen LogP contribution is -1.95.